The van der Waals surface area contributed by atoms with Crippen molar-refractivity contribution in [1.29, 1.82) is 0 Å². The van der Waals surface area contributed by atoms with Crippen LogP contribution in [0, 0.1) is 5.82 Å². The summed E-state index contributed by atoms with van der Waals surface area (Å²) in [6.45, 7) is 0.434. The van der Waals surface area contributed by atoms with E-state index in [-0.39, 0.29) is 23.7 Å². The van der Waals surface area contributed by atoms with Gasteiger partial charge in [-0.1, -0.05) is 24.3 Å². The lowest BCUT2D eigenvalue weighted by Gasteiger charge is -2.36. The molecule has 2 atom stereocenters. The van der Waals surface area contributed by atoms with Crippen molar-refractivity contribution in [3.8, 4) is 0 Å². The van der Waals surface area contributed by atoms with E-state index in [0.717, 1.165) is 22.4 Å². The number of rotatable bonds is 2. The van der Waals surface area contributed by atoms with Crippen LogP contribution in [-0.2, 0) is 0 Å². The Morgan fingerprint density at radius 3 is 2.74 bits per heavy atom. The molecule has 2 aliphatic heterocycles. The molecular weight excluding hydrogens is 345 g/mol. The summed E-state index contributed by atoms with van der Waals surface area (Å²) in [5.41, 5.74) is 4.32. The molecule has 7 heteroatoms. The minimum Gasteiger partial charge on any atom is -0.377 e. The Hall–Kier alpha value is -3.48. The number of anilines is 1. The minimum absolute atomic E-state index is 0.101. The number of hydrogen-bond acceptors (Lipinski definition) is 4. The summed E-state index contributed by atoms with van der Waals surface area (Å²) in [5, 5.41) is 13.4. The molecular formula is C20H16FN5O. The first-order valence-electron chi connectivity index (χ1n) is 8.71. The molecule has 3 N–H and O–H groups in total. The standard InChI is InChI=1S/C20H16FN5O/c21-12-6-4-11(5-7-12)18-17(19-23-10-24-26-19)13-8-9-22-20(27)14-2-1-3-15(25-18)16(13)14/h1-8,10,17-18,25H,9H2,(H,22,27)(H,23,24,26). The first kappa shape index (κ1) is 15.7. The molecule has 0 bridgehead atoms. The zero-order valence-electron chi connectivity index (χ0n) is 14.2. The van der Waals surface area contributed by atoms with Crippen molar-refractivity contribution in [2.24, 2.45) is 0 Å². The molecule has 2 unspecified atom stereocenters. The number of aromatic nitrogens is 3. The Labute approximate surface area is 154 Å². The van der Waals surface area contributed by atoms with Crippen molar-refractivity contribution in [2.75, 3.05) is 11.9 Å². The lowest BCUT2D eigenvalue weighted by Crippen LogP contribution is -2.28. The van der Waals surface area contributed by atoms with Crippen LogP contribution in [0.4, 0.5) is 10.1 Å². The Morgan fingerprint density at radius 1 is 1.11 bits per heavy atom. The topological polar surface area (TPSA) is 82.7 Å². The quantitative estimate of drug-likeness (QED) is 0.655. The summed E-state index contributed by atoms with van der Waals surface area (Å²) < 4.78 is 13.5. The minimum atomic E-state index is -0.281. The number of carbonyl (C=O) groups excluding carboxylic acids is 1. The van der Waals surface area contributed by atoms with Gasteiger partial charge in [-0.05, 0) is 35.4 Å². The van der Waals surface area contributed by atoms with Crippen molar-refractivity contribution in [3.05, 3.63) is 83.2 Å². The van der Waals surface area contributed by atoms with Gasteiger partial charge in [0.1, 0.15) is 18.0 Å². The number of nitrogens with one attached hydrogen (secondary N) is 3. The van der Waals surface area contributed by atoms with Crippen LogP contribution in [0.2, 0.25) is 0 Å². The summed E-state index contributed by atoms with van der Waals surface area (Å²) in [6.07, 6.45) is 3.50. The van der Waals surface area contributed by atoms with Crippen LogP contribution in [0.3, 0.4) is 0 Å². The van der Waals surface area contributed by atoms with Gasteiger partial charge in [0.25, 0.3) is 5.91 Å². The third kappa shape index (κ3) is 2.51. The maximum atomic E-state index is 13.5. The van der Waals surface area contributed by atoms with Crippen molar-refractivity contribution in [3.63, 3.8) is 0 Å². The Balaban J connectivity index is 1.74. The van der Waals surface area contributed by atoms with Gasteiger partial charge >= 0.3 is 0 Å². The molecule has 134 valence electrons. The summed E-state index contributed by atoms with van der Waals surface area (Å²) in [6, 6.07) is 11.9. The average molecular weight is 361 g/mol. The summed E-state index contributed by atoms with van der Waals surface area (Å²) in [7, 11) is 0. The molecule has 0 fully saturated rings. The molecule has 27 heavy (non-hydrogen) atoms. The van der Waals surface area contributed by atoms with E-state index in [4.69, 9.17) is 0 Å². The largest absolute Gasteiger partial charge is 0.377 e. The van der Waals surface area contributed by atoms with Crippen LogP contribution in [0.5, 0.6) is 0 Å². The third-order valence-electron chi connectivity index (χ3n) is 5.12. The number of halogens is 1. The first-order chi connectivity index (χ1) is 13.2. The van der Waals surface area contributed by atoms with Gasteiger partial charge in [0.2, 0.25) is 0 Å². The maximum absolute atomic E-state index is 13.5. The van der Waals surface area contributed by atoms with Gasteiger partial charge in [-0.2, -0.15) is 5.10 Å². The van der Waals surface area contributed by atoms with Gasteiger partial charge in [-0.15, -0.1) is 0 Å². The van der Waals surface area contributed by atoms with E-state index in [2.05, 4.69) is 25.8 Å². The molecule has 5 rings (SSSR count). The number of nitrogens with zero attached hydrogens (tertiary/aromatic N) is 2. The Morgan fingerprint density at radius 2 is 1.96 bits per heavy atom. The highest BCUT2D eigenvalue weighted by atomic mass is 19.1. The molecule has 0 saturated carbocycles. The van der Waals surface area contributed by atoms with Gasteiger partial charge in [-0.3, -0.25) is 9.89 Å². The van der Waals surface area contributed by atoms with E-state index in [1.54, 1.807) is 12.1 Å². The third-order valence-corrected chi connectivity index (χ3v) is 5.12. The van der Waals surface area contributed by atoms with Gasteiger partial charge in [0.05, 0.1) is 12.0 Å². The fourth-order valence-corrected chi connectivity index (χ4v) is 3.95. The highest BCUT2D eigenvalue weighted by Crippen LogP contribution is 2.49. The van der Waals surface area contributed by atoms with Gasteiger partial charge in [0, 0.05) is 23.4 Å². The second-order valence-electron chi connectivity index (χ2n) is 6.62. The number of amides is 1. The van der Waals surface area contributed by atoms with Crippen LogP contribution >= 0.6 is 0 Å². The summed E-state index contributed by atoms with van der Waals surface area (Å²) in [4.78, 5) is 16.9. The SMILES string of the molecule is O=C1NCC=C2c3c(cccc31)NC(c1ccc(F)cc1)C2c1ncn[nH]1. The molecule has 2 aliphatic rings. The molecule has 0 radical (unpaired) electrons. The highest BCUT2D eigenvalue weighted by Gasteiger charge is 2.38. The van der Waals surface area contributed by atoms with Crippen LogP contribution in [0.1, 0.15) is 39.3 Å². The van der Waals surface area contributed by atoms with Gasteiger partial charge in [0.15, 0.2) is 0 Å². The van der Waals surface area contributed by atoms with E-state index < -0.39 is 0 Å². The van der Waals surface area contributed by atoms with Crippen molar-refractivity contribution >= 4 is 17.2 Å². The number of benzene rings is 2. The molecule has 0 saturated heterocycles. The highest BCUT2D eigenvalue weighted by molar-refractivity contribution is 6.04. The van der Waals surface area contributed by atoms with Gasteiger partial charge < -0.3 is 10.6 Å². The second-order valence-corrected chi connectivity index (χ2v) is 6.62. The number of hydrogen-bond donors (Lipinski definition) is 3. The van der Waals surface area contributed by atoms with Crippen LogP contribution in [0.15, 0.2) is 54.9 Å². The number of aromatic amines is 1. The van der Waals surface area contributed by atoms with Crippen molar-refractivity contribution in [2.45, 2.75) is 12.0 Å². The van der Waals surface area contributed by atoms with E-state index in [0.29, 0.717) is 17.9 Å². The molecule has 3 aromatic rings. The van der Waals surface area contributed by atoms with Crippen LogP contribution < -0.4 is 10.6 Å². The lowest BCUT2D eigenvalue weighted by molar-refractivity contribution is 0.0958. The van der Waals surface area contributed by atoms with Crippen LogP contribution in [-0.4, -0.2) is 27.6 Å². The fraction of sp³-hybridized carbons (Fsp3) is 0.150. The first-order valence-corrected chi connectivity index (χ1v) is 8.71. The second kappa shape index (κ2) is 6.05. The zero-order chi connectivity index (χ0) is 18.4. The molecule has 1 amide bonds. The summed E-state index contributed by atoms with van der Waals surface area (Å²) in [5.74, 6) is 0.116. The molecule has 0 spiro atoms. The van der Waals surface area contributed by atoms with E-state index in [1.165, 1.54) is 18.5 Å². The molecule has 1 aromatic heterocycles. The number of carbonyl (C=O) groups is 1. The average Bonchev–Trinajstić information content (AvgIpc) is 3.16. The van der Waals surface area contributed by atoms with Crippen molar-refractivity contribution < 1.29 is 9.18 Å². The predicted molar refractivity (Wildman–Crippen MR) is 98.6 cm³/mol. The number of H-pyrrole nitrogens is 1. The Kier molecular flexibility index (Phi) is 3.53. The molecule has 2 aromatic carbocycles. The van der Waals surface area contributed by atoms with E-state index in [9.17, 15) is 9.18 Å². The van der Waals surface area contributed by atoms with Crippen LogP contribution in [0.25, 0.3) is 5.57 Å². The monoisotopic (exact) mass is 361 g/mol. The Bertz CT molecular complexity index is 1040. The van der Waals surface area contributed by atoms with E-state index in [1.807, 2.05) is 24.3 Å². The summed E-state index contributed by atoms with van der Waals surface area (Å²) >= 11 is 0. The normalized spacial score (nSPS) is 20.8. The fourth-order valence-electron chi connectivity index (χ4n) is 3.95. The predicted octanol–water partition coefficient (Wildman–Crippen LogP) is 3.02. The van der Waals surface area contributed by atoms with E-state index >= 15 is 0 Å². The molecule has 6 nitrogen and oxygen atoms in total. The van der Waals surface area contributed by atoms with Crippen molar-refractivity contribution in [1.82, 2.24) is 20.5 Å². The smallest absolute Gasteiger partial charge is 0.252 e. The lowest BCUT2D eigenvalue weighted by atomic mass is 9.77. The molecule has 0 aliphatic carbocycles. The van der Waals surface area contributed by atoms with Gasteiger partial charge in [-0.25, -0.2) is 9.37 Å². The molecule has 3 heterocycles. The zero-order valence-corrected chi connectivity index (χ0v) is 14.2. The maximum Gasteiger partial charge on any atom is 0.252 e.